The third-order valence-electron chi connectivity index (χ3n) is 3.60. The third-order valence-corrected chi connectivity index (χ3v) is 5.26. The number of nitrogens with zero attached hydrogens (tertiary/aromatic N) is 2. The smallest absolute Gasteiger partial charge is 0.266 e. The number of carbonyl (C=O) groups excluding carboxylic acids is 1. The summed E-state index contributed by atoms with van der Waals surface area (Å²) < 4.78 is 29.8. The largest absolute Gasteiger partial charge is 0.286 e. The minimum absolute atomic E-state index is 0.187. The Hall–Kier alpha value is -3.30. The summed E-state index contributed by atoms with van der Waals surface area (Å²) in [4.78, 5) is 16.9. The zero-order valence-electron chi connectivity index (χ0n) is 14.4. The second kappa shape index (κ2) is 7.94. The van der Waals surface area contributed by atoms with Crippen molar-refractivity contribution in [2.75, 3.05) is 6.26 Å². The van der Waals surface area contributed by atoms with E-state index < -0.39 is 15.6 Å². The maximum atomic E-state index is 13.2. The molecule has 134 valence electrons. The number of pyridine rings is 1. The molecule has 1 unspecified atom stereocenters. The van der Waals surface area contributed by atoms with Gasteiger partial charge in [0, 0.05) is 34.7 Å². The summed E-state index contributed by atoms with van der Waals surface area (Å²) in [6.07, 6.45) is 4.25. The number of halogens is 1. The van der Waals surface area contributed by atoms with E-state index in [4.69, 9.17) is 0 Å². The van der Waals surface area contributed by atoms with Crippen LogP contribution in [0.3, 0.4) is 0 Å². The Morgan fingerprint density at radius 1 is 1.00 bits per heavy atom. The van der Waals surface area contributed by atoms with Gasteiger partial charge in [-0.2, -0.15) is 4.36 Å². The molecule has 0 bridgehead atoms. The zero-order chi connectivity index (χ0) is 19.3. The Labute approximate surface area is 157 Å². The van der Waals surface area contributed by atoms with Crippen molar-refractivity contribution in [3.8, 4) is 11.8 Å². The van der Waals surface area contributed by atoms with Crippen molar-refractivity contribution in [3.63, 3.8) is 0 Å². The summed E-state index contributed by atoms with van der Waals surface area (Å²) in [6.45, 7) is 0. The summed E-state index contributed by atoms with van der Waals surface area (Å²) in [5.41, 5.74) is 1.17. The van der Waals surface area contributed by atoms with Crippen LogP contribution in [-0.2, 0) is 9.73 Å². The van der Waals surface area contributed by atoms with Crippen molar-refractivity contribution >= 4 is 15.6 Å². The summed E-state index contributed by atoms with van der Waals surface area (Å²) >= 11 is 0. The molecule has 6 heteroatoms. The van der Waals surface area contributed by atoms with E-state index in [-0.39, 0.29) is 11.4 Å². The van der Waals surface area contributed by atoms with E-state index in [1.165, 1.54) is 36.8 Å². The summed E-state index contributed by atoms with van der Waals surface area (Å²) in [6, 6.07) is 16.0. The molecule has 0 aliphatic carbocycles. The number of rotatable bonds is 2. The molecule has 0 aliphatic rings. The Kier molecular flexibility index (Phi) is 5.43. The van der Waals surface area contributed by atoms with Gasteiger partial charge in [0.15, 0.2) is 0 Å². The van der Waals surface area contributed by atoms with Crippen LogP contribution in [0.15, 0.2) is 82.3 Å². The van der Waals surface area contributed by atoms with Crippen molar-refractivity contribution < 1.29 is 13.4 Å². The minimum Gasteiger partial charge on any atom is -0.266 e. The molecule has 0 fully saturated rings. The fourth-order valence-corrected chi connectivity index (χ4v) is 3.46. The van der Waals surface area contributed by atoms with Crippen LogP contribution < -0.4 is 0 Å². The standard InChI is InChI=1S/C21H15FN2O2S/c1-27(26,20-8-3-2-4-9-20)24-21(25)18-12-17(14-23-15-18)11-10-16-6-5-7-19(22)13-16/h2-9,12-15H,1H3. The predicted octanol–water partition coefficient (Wildman–Crippen LogP) is 3.92. The van der Waals surface area contributed by atoms with Crippen LogP contribution in [0.1, 0.15) is 21.5 Å². The predicted molar refractivity (Wildman–Crippen MR) is 102 cm³/mol. The summed E-state index contributed by atoms with van der Waals surface area (Å²) in [5, 5.41) is 0. The lowest BCUT2D eigenvalue weighted by Gasteiger charge is -2.03. The molecule has 4 nitrogen and oxygen atoms in total. The van der Waals surface area contributed by atoms with Gasteiger partial charge in [0.1, 0.15) is 5.82 Å². The van der Waals surface area contributed by atoms with Crippen LogP contribution >= 0.6 is 0 Å². The molecule has 1 amide bonds. The molecule has 1 aromatic heterocycles. The van der Waals surface area contributed by atoms with Crippen molar-refractivity contribution in [1.29, 1.82) is 0 Å². The van der Waals surface area contributed by atoms with Crippen LogP contribution in [0.2, 0.25) is 0 Å². The van der Waals surface area contributed by atoms with Crippen molar-refractivity contribution in [3.05, 3.63) is 95.6 Å². The number of aromatic nitrogens is 1. The first-order valence-corrected chi connectivity index (χ1v) is 9.90. The highest BCUT2D eigenvalue weighted by Gasteiger charge is 2.11. The SMILES string of the molecule is CS(=O)(=NC(=O)c1cncc(C#Cc2cccc(F)c2)c1)c1ccccc1. The Morgan fingerprint density at radius 3 is 2.48 bits per heavy atom. The summed E-state index contributed by atoms with van der Waals surface area (Å²) in [7, 11) is -2.86. The van der Waals surface area contributed by atoms with E-state index in [1.807, 2.05) is 0 Å². The molecule has 27 heavy (non-hydrogen) atoms. The molecule has 3 aromatic rings. The van der Waals surface area contributed by atoms with E-state index in [0.29, 0.717) is 16.0 Å². The molecule has 1 heterocycles. The van der Waals surface area contributed by atoms with Gasteiger partial charge in [0.25, 0.3) is 5.91 Å². The highest BCUT2D eigenvalue weighted by molar-refractivity contribution is 7.93. The van der Waals surface area contributed by atoms with Gasteiger partial charge in [0.2, 0.25) is 0 Å². The molecule has 0 N–H and O–H groups in total. The van der Waals surface area contributed by atoms with E-state index >= 15 is 0 Å². The quantitative estimate of drug-likeness (QED) is 0.635. The molecule has 0 saturated carbocycles. The maximum Gasteiger partial charge on any atom is 0.286 e. The highest BCUT2D eigenvalue weighted by Crippen LogP contribution is 2.13. The number of amides is 1. The normalized spacial score (nSPS) is 12.4. The number of benzene rings is 2. The van der Waals surface area contributed by atoms with Gasteiger partial charge in [-0.3, -0.25) is 9.78 Å². The van der Waals surface area contributed by atoms with E-state index in [0.717, 1.165) is 0 Å². The minimum atomic E-state index is -2.86. The second-order valence-electron chi connectivity index (χ2n) is 5.73. The average molecular weight is 378 g/mol. The molecule has 1 atom stereocenters. The molecule has 0 spiro atoms. The molecule has 0 radical (unpaired) electrons. The van der Waals surface area contributed by atoms with Gasteiger partial charge in [0.05, 0.1) is 15.3 Å². The lowest BCUT2D eigenvalue weighted by Crippen LogP contribution is -2.04. The zero-order valence-corrected chi connectivity index (χ0v) is 15.2. The van der Waals surface area contributed by atoms with E-state index in [1.54, 1.807) is 42.5 Å². The fourth-order valence-electron chi connectivity index (χ4n) is 2.27. The maximum absolute atomic E-state index is 13.2. The fraction of sp³-hybridized carbons (Fsp3) is 0.0476. The molecule has 0 saturated heterocycles. The van der Waals surface area contributed by atoms with Crippen LogP contribution in [0, 0.1) is 17.7 Å². The lowest BCUT2D eigenvalue weighted by atomic mass is 10.1. The monoisotopic (exact) mass is 378 g/mol. The van der Waals surface area contributed by atoms with Crippen molar-refractivity contribution in [2.45, 2.75) is 4.90 Å². The average Bonchev–Trinajstić information content (AvgIpc) is 2.67. The van der Waals surface area contributed by atoms with Crippen LogP contribution in [0.25, 0.3) is 0 Å². The lowest BCUT2D eigenvalue weighted by molar-refractivity contribution is 0.100. The van der Waals surface area contributed by atoms with E-state index in [2.05, 4.69) is 21.2 Å². The first-order chi connectivity index (χ1) is 12.9. The number of hydrogen-bond donors (Lipinski definition) is 0. The van der Waals surface area contributed by atoms with Gasteiger partial charge >= 0.3 is 0 Å². The molecule has 3 rings (SSSR count). The molecular weight excluding hydrogens is 363 g/mol. The first-order valence-electron chi connectivity index (χ1n) is 7.98. The van der Waals surface area contributed by atoms with Gasteiger partial charge in [-0.25, -0.2) is 8.60 Å². The van der Waals surface area contributed by atoms with Gasteiger partial charge in [-0.1, -0.05) is 36.1 Å². The Balaban J connectivity index is 1.89. The number of carbonyl (C=O) groups is 1. The topological polar surface area (TPSA) is 59.4 Å². The van der Waals surface area contributed by atoms with Crippen molar-refractivity contribution in [1.82, 2.24) is 4.98 Å². The van der Waals surface area contributed by atoms with Crippen molar-refractivity contribution in [2.24, 2.45) is 4.36 Å². The third kappa shape index (κ3) is 4.87. The van der Waals surface area contributed by atoms with Crippen LogP contribution in [0.5, 0.6) is 0 Å². The van der Waals surface area contributed by atoms with Crippen LogP contribution in [-0.4, -0.2) is 21.4 Å². The highest BCUT2D eigenvalue weighted by atomic mass is 32.2. The van der Waals surface area contributed by atoms with E-state index in [9.17, 15) is 13.4 Å². The van der Waals surface area contributed by atoms with Gasteiger partial charge < -0.3 is 0 Å². The number of hydrogen-bond acceptors (Lipinski definition) is 3. The first kappa shape index (κ1) is 18.5. The summed E-state index contributed by atoms with van der Waals surface area (Å²) in [5.74, 6) is 4.64. The molecular formula is C21H15FN2O2S. The van der Waals surface area contributed by atoms with Gasteiger partial charge in [-0.05, 0) is 36.4 Å². The molecule has 0 aliphatic heterocycles. The van der Waals surface area contributed by atoms with Crippen LogP contribution in [0.4, 0.5) is 4.39 Å². The van der Waals surface area contributed by atoms with Gasteiger partial charge in [-0.15, -0.1) is 0 Å². The Bertz CT molecular complexity index is 1170. The molecule has 2 aromatic carbocycles. The second-order valence-corrected chi connectivity index (χ2v) is 7.99. The Morgan fingerprint density at radius 2 is 1.74 bits per heavy atom.